The first kappa shape index (κ1) is 24.6. The summed E-state index contributed by atoms with van der Waals surface area (Å²) in [5, 5.41) is 5.10. The fourth-order valence-electron chi connectivity index (χ4n) is 5.03. The summed E-state index contributed by atoms with van der Waals surface area (Å²) in [5.74, 6) is 1.02. The van der Waals surface area contributed by atoms with Crippen LogP contribution in [0.15, 0.2) is 60.3 Å². The minimum Gasteiger partial charge on any atom is -0.490 e. The number of benzene rings is 3. The van der Waals surface area contributed by atoms with Crippen molar-refractivity contribution < 1.29 is 19.1 Å². The monoisotopic (exact) mass is 596 g/mol. The normalized spacial score (nSPS) is 17.6. The molecule has 5 rings (SSSR count). The Kier molecular flexibility index (Phi) is 7.46. The van der Waals surface area contributed by atoms with Gasteiger partial charge in [0.05, 0.1) is 10.2 Å². The van der Waals surface area contributed by atoms with Gasteiger partial charge in [-0.25, -0.2) is 4.79 Å². The molecule has 0 atom stereocenters. The molecule has 1 aliphatic heterocycles. The molecule has 1 N–H and O–H groups in total. The minimum atomic E-state index is -0.326. The molecule has 3 aromatic rings. The molecular formula is C29H29IN2O4. The van der Waals surface area contributed by atoms with E-state index in [2.05, 4.69) is 52.2 Å². The van der Waals surface area contributed by atoms with Crippen LogP contribution < -0.4 is 14.8 Å². The lowest BCUT2D eigenvalue weighted by atomic mass is 9.94. The van der Waals surface area contributed by atoms with Crippen molar-refractivity contribution in [2.24, 2.45) is 0 Å². The average Bonchev–Trinajstić information content (AvgIpc) is 3.16. The minimum absolute atomic E-state index is 0.0129. The van der Waals surface area contributed by atoms with Crippen molar-refractivity contribution in [2.45, 2.75) is 51.7 Å². The van der Waals surface area contributed by atoms with E-state index < -0.39 is 0 Å². The Morgan fingerprint density at radius 2 is 1.81 bits per heavy atom. The van der Waals surface area contributed by atoms with Crippen LogP contribution in [-0.2, 0) is 11.4 Å². The quantitative estimate of drug-likeness (QED) is 0.189. The highest BCUT2D eigenvalue weighted by molar-refractivity contribution is 14.1. The first-order valence-corrected chi connectivity index (χ1v) is 13.5. The topological polar surface area (TPSA) is 67.9 Å². The van der Waals surface area contributed by atoms with Crippen LogP contribution in [0.25, 0.3) is 16.8 Å². The van der Waals surface area contributed by atoms with Crippen molar-refractivity contribution in [2.75, 3.05) is 6.61 Å². The molecule has 1 aliphatic carbocycles. The number of carbonyl (C=O) groups excluding carboxylic acids is 2. The number of hydrogen-bond donors (Lipinski definition) is 1. The highest BCUT2D eigenvalue weighted by Gasteiger charge is 2.39. The number of carbonyl (C=O) groups is 2. The number of halogens is 1. The number of imide groups is 1. The van der Waals surface area contributed by atoms with Gasteiger partial charge in [-0.05, 0) is 82.5 Å². The first-order valence-electron chi connectivity index (χ1n) is 12.5. The maximum Gasteiger partial charge on any atom is 0.329 e. The third kappa shape index (κ3) is 5.07. The highest BCUT2D eigenvalue weighted by Crippen LogP contribution is 2.36. The van der Waals surface area contributed by atoms with Crippen LogP contribution in [0.4, 0.5) is 4.79 Å². The maximum absolute atomic E-state index is 13.1. The van der Waals surface area contributed by atoms with Gasteiger partial charge in [0, 0.05) is 6.04 Å². The van der Waals surface area contributed by atoms with Gasteiger partial charge in [-0.2, -0.15) is 0 Å². The molecule has 7 heteroatoms. The van der Waals surface area contributed by atoms with Gasteiger partial charge in [0.1, 0.15) is 12.3 Å². The molecule has 0 bridgehead atoms. The summed E-state index contributed by atoms with van der Waals surface area (Å²) in [7, 11) is 0. The van der Waals surface area contributed by atoms with E-state index in [1.165, 1.54) is 10.3 Å². The third-order valence-corrected chi connectivity index (χ3v) is 7.55. The van der Waals surface area contributed by atoms with Gasteiger partial charge in [0.15, 0.2) is 11.5 Å². The number of urea groups is 1. The molecule has 1 saturated carbocycles. The average molecular weight is 596 g/mol. The van der Waals surface area contributed by atoms with E-state index in [1.54, 1.807) is 6.08 Å². The summed E-state index contributed by atoms with van der Waals surface area (Å²) >= 11 is 2.23. The predicted molar refractivity (Wildman–Crippen MR) is 149 cm³/mol. The Morgan fingerprint density at radius 1 is 1.03 bits per heavy atom. The number of nitrogens with zero attached hydrogens (tertiary/aromatic N) is 1. The van der Waals surface area contributed by atoms with Gasteiger partial charge in [0.2, 0.25) is 0 Å². The van der Waals surface area contributed by atoms with Crippen molar-refractivity contribution in [3.63, 3.8) is 0 Å². The van der Waals surface area contributed by atoms with E-state index in [1.807, 2.05) is 37.3 Å². The zero-order chi connectivity index (χ0) is 25.1. The number of fused-ring (bicyclic) bond motifs is 1. The summed E-state index contributed by atoms with van der Waals surface area (Å²) < 4.78 is 13.1. The van der Waals surface area contributed by atoms with Crippen LogP contribution in [-0.4, -0.2) is 29.5 Å². The summed E-state index contributed by atoms with van der Waals surface area (Å²) in [5.41, 5.74) is 2.17. The molecule has 0 radical (unpaired) electrons. The molecule has 0 unspecified atom stereocenters. The fourth-order valence-corrected chi connectivity index (χ4v) is 5.81. The van der Waals surface area contributed by atoms with Crippen LogP contribution in [0.1, 0.15) is 50.2 Å². The van der Waals surface area contributed by atoms with Gasteiger partial charge in [0.25, 0.3) is 5.91 Å². The molecule has 36 heavy (non-hydrogen) atoms. The largest absolute Gasteiger partial charge is 0.490 e. The van der Waals surface area contributed by atoms with Gasteiger partial charge in [-0.1, -0.05) is 61.7 Å². The predicted octanol–water partition coefficient (Wildman–Crippen LogP) is 6.65. The van der Waals surface area contributed by atoms with Gasteiger partial charge in [-0.15, -0.1) is 0 Å². The van der Waals surface area contributed by atoms with E-state index in [4.69, 9.17) is 9.47 Å². The lowest BCUT2D eigenvalue weighted by Gasteiger charge is -2.28. The molecule has 1 saturated heterocycles. The van der Waals surface area contributed by atoms with Crippen molar-refractivity contribution in [3.05, 3.63) is 75.0 Å². The molecule has 1 heterocycles. The molecule has 3 amide bonds. The van der Waals surface area contributed by atoms with Gasteiger partial charge in [-0.3, -0.25) is 9.69 Å². The highest BCUT2D eigenvalue weighted by atomic mass is 127. The summed E-state index contributed by atoms with van der Waals surface area (Å²) in [6, 6.07) is 17.9. The molecule has 3 aromatic carbocycles. The number of amides is 3. The Morgan fingerprint density at radius 3 is 2.61 bits per heavy atom. The van der Waals surface area contributed by atoms with Crippen LogP contribution >= 0.6 is 22.6 Å². The molecule has 2 fully saturated rings. The number of rotatable bonds is 7. The lowest BCUT2D eigenvalue weighted by Crippen LogP contribution is -2.41. The van der Waals surface area contributed by atoms with E-state index in [0.717, 1.165) is 52.2 Å². The van der Waals surface area contributed by atoms with Crippen LogP contribution in [0, 0.1) is 3.57 Å². The van der Waals surface area contributed by atoms with Gasteiger partial charge >= 0.3 is 6.03 Å². The van der Waals surface area contributed by atoms with Crippen molar-refractivity contribution >= 4 is 51.4 Å². The first-order chi connectivity index (χ1) is 17.5. The second-order valence-electron chi connectivity index (χ2n) is 9.15. The molecular weight excluding hydrogens is 567 g/mol. The van der Waals surface area contributed by atoms with Crippen molar-refractivity contribution in [3.8, 4) is 11.5 Å². The van der Waals surface area contributed by atoms with E-state index in [-0.39, 0.29) is 18.0 Å². The molecule has 2 aliphatic rings. The Balaban J connectivity index is 1.39. The molecule has 0 spiro atoms. The SMILES string of the molecule is CCOc1cc(/C=C2\NC(=O)N(C3CCCCC3)C2=O)cc(I)c1OCc1cccc2ccccc12. The van der Waals surface area contributed by atoms with Crippen molar-refractivity contribution in [1.82, 2.24) is 10.2 Å². The maximum atomic E-state index is 13.1. The van der Waals surface area contributed by atoms with E-state index in [9.17, 15) is 9.59 Å². The summed E-state index contributed by atoms with van der Waals surface area (Å²) in [6.45, 7) is 2.81. The number of ether oxygens (including phenoxy) is 2. The van der Waals surface area contributed by atoms with Crippen molar-refractivity contribution in [1.29, 1.82) is 0 Å². The number of hydrogen-bond acceptors (Lipinski definition) is 4. The smallest absolute Gasteiger partial charge is 0.329 e. The third-order valence-electron chi connectivity index (χ3n) is 6.74. The van der Waals surface area contributed by atoms with E-state index >= 15 is 0 Å². The number of nitrogens with one attached hydrogen (secondary N) is 1. The van der Waals surface area contributed by atoms with Crippen LogP contribution in [0.3, 0.4) is 0 Å². The summed E-state index contributed by atoms with van der Waals surface area (Å²) in [4.78, 5) is 27.1. The molecule has 0 aromatic heterocycles. The summed E-state index contributed by atoms with van der Waals surface area (Å²) in [6.07, 6.45) is 6.75. The molecule has 6 nitrogen and oxygen atoms in total. The molecule has 186 valence electrons. The lowest BCUT2D eigenvalue weighted by molar-refractivity contribution is -0.124. The Hall–Kier alpha value is -3.07. The van der Waals surface area contributed by atoms with Crippen LogP contribution in [0.5, 0.6) is 11.5 Å². The Labute approximate surface area is 224 Å². The second-order valence-corrected chi connectivity index (χ2v) is 10.3. The fraction of sp³-hybridized carbons (Fsp3) is 0.310. The second kappa shape index (κ2) is 10.9. The van der Waals surface area contributed by atoms with Crippen LogP contribution in [0.2, 0.25) is 0 Å². The standard InChI is InChI=1S/C29H29IN2O4/c1-2-35-26-17-19(16-25-28(33)32(29(34)31-25)22-12-4-3-5-13-22)15-24(30)27(26)36-18-21-11-8-10-20-9-6-7-14-23(20)21/h6-11,14-17,22H,2-5,12-13,18H2,1H3,(H,31,34)/b25-16-. The zero-order valence-corrected chi connectivity index (χ0v) is 22.4. The zero-order valence-electron chi connectivity index (χ0n) is 20.3. The van der Waals surface area contributed by atoms with Gasteiger partial charge < -0.3 is 14.8 Å². The Bertz CT molecular complexity index is 1320. The van der Waals surface area contributed by atoms with E-state index in [0.29, 0.717) is 30.4 Å².